The van der Waals surface area contributed by atoms with E-state index >= 15 is 0 Å². The molecule has 3 rings (SSSR count). The van der Waals surface area contributed by atoms with E-state index in [1.165, 1.54) is 0 Å². The Morgan fingerprint density at radius 3 is 2.48 bits per heavy atom. The van der Waals surface area contributed by atoms with E-state index in [1.54, 1.807) is 0 Å². The van der Waals surface area contributed by atoms with E-state index in [0.29, 0.717) is 16.4 Å². The number of halogens is 1. The number of nitrogen functional groups attached to an aromatic ring is 1. The third-order valence-electron chi connectivity index (χ3n) is 4.63. The summed E-state index contributed by atoms with van der Waals surface area (Å²) >= 11 is 6.38. The molecule has 29 heavy (non-hydrogen) atoms. The Kier molecular flexibility index (Phi) is 5.99. The lowest BCUT2D eigenvalue weighted by Gasteiger charge is -2.15. The number of benzene rings is 3. The fourth-order valence-electron chi connectivity index (χ4n) is 3.13. The number of aryl methyl sites for hydroxylation is 2. The second-order valence-corrected chi connectivity index (χ2v) is 7.69. The highest BCUT2D eigenvalue weighted by molar-refractivity contribution is 6.33. The predicted octanol–water partition coefficient (Wildman–Crippen LogP) is 5.33. The normalized spacial score (nSPS) is 11.4. The van der Waals surface area contributed by atoms with E-state index in [4.69, 9.17) is 23.1 Å². The number of hydrogen-bond donors (Lipinski definition) is 3. The molecule has 0 saturated heterocycles. The minimum absolute atomic E-state index is 0.275. The third kappa shape index (κ3) is 4.81. The van der Waals surface area contributed by atoms with Gasteiger partial charge in [-0.05, 0) is 67.4 Å². The molecule has 0 radical (unpaired) electrons. The number of aliphatic imine (C=N–C) groups is 1. The van der Waals surface area contributed by atoms with Crippen molar-refractivity contribution in [3.63, 3.8) is 0 Å². The molecule has 0 aliphatic carbocycles. The van der Waals surface area contributed by atoms with Crippen molar-refractivity contribution >= 4 is 40.3 Å². The molecule has 6 heteroatoms. The lowest BCUT2D eigenvalue weighted by molar-refractivity contribution is 1.13. The second kappa shape index (κ2) is 8.45. The van der Waals surface area contributed by atoms with E-state index in [0.717, 1.165) is 33.6 Å². The van der Waals surface area contributed by atoms with Gasteiger partial charge in [0, 0.05) is 36.1 Å². The first-order valence-electron chi connectivity index (χ1n) is 9.30. The molecule has 0 atom stereocenters. The first kappa shape index (κ1) is 20.6. The lowest BCUT2D eigenvalue weighted by Crippen LogP contribution is -2.22. The van der Waals surface area contributed by atoms with E-state index < -0.39 is 0 Å². The number of nitrogens with two attached hydrogens (primary N) is 2. The fraction of sp³-hybridized carbons (Fsp3) is 0.174. The second-order valence-electron chi connectivity index (χ2n) is 7.28. The van der Waals surface area contributed by atoms with E-state index in [1.807, 2.05) is 87.4 Å². The number of nitrogens with one attached hydrogen (secondary N) is 1. The minimum atomic E-state index is 0.275. The molecule has 0 aliphatic heterocycles. The van der Waals surface area contributed by atoms with Gasteiger partial charge in [0.25, 0.3) is 0 Å². The number of nitrogens with zero attached hydrogens (tertiary/aromatic N) is 2. The smallest absolute Gasteiger partial charge is 0.198 e. The average Bonchev–Trinajstić information content (AvgIpc) is 2.66. The van der Waals surface area contributed by atoms with Gasteiger partial charge in [0.2, 0.25) is 0 Å². The summed E-state index contributed by atoms with van der Waals surface area (Å²) in [7, 11) is 3.98. The number of hydrogen-bond acceptors (Lipinski definition) is 3. The van der Waals surface area contributed by atoms with Crippen molar-refractivity contribution in [3.8, 4) is 11.1 Å². The van der Waals surface area contributed by atoms with Crippen LogP contribution in [0, 0.1) is 13.8 Å². The Morgan fingerprint density at radius 2 is 1.79 bits per heavy atom. The number of anilines is 3. The summed E-state index contributed by atoms with van der Waals surface area (Å²) in [4.78, 5) is 6.54. The molecule has 0 bridgehead atoms. The standard InChI is InChI=1S/C23H26ClN5/c1-14-8-9-20(24)19(10-14)16-11-15(2)22(21(25)12-16)28-23(26)27-17-6-5-7-18(13-17)29(3)4/h5-13H,25H2,1-4H3,(H3,26,27,28). The van der Waals surface area contributed by atoms with Crippen LogP contribution in [0.1, 0.15) is 11.1 Å². The monoisotopic (exact) mass is 407 g/mol. The van der Waals surface area contributed by atoms with Gasteiger partial charge in [-0.15, -0.1) is 0 Å². The molecule has 0 aromatic heterocycles. The summed E-state index contributed by atoms with van der Waals surface area (Å²) < 4.78 is 0. The van der Waals surface area contributed by atoms with Crippen LogP contribution in [-0.4, -0.2) is 20.1 Å². The van der Waals surface area contributed by atoms with Gasteiger partial charge in [-0.25, -0.2) is 4.99 Å². The molecule has 0 spiro atoms. The van der Waals surface area contributed by atoms with Crippen LogP contribution in [0.2, 0.25) is 5.02 Å². The van der Waals surface area contributed by atoms with E-state index in [2.05, 4.69) is 10.3 Å². The first-order valence-corrected chi connectivity index (χ1v) is 9.67. The first-order chi connectivity index (χ1) is 13.7. The molecule has 3 aromatic rings. The highest BCUT2D eigenvalue weighted by Crippen LogP contribution is 2.36. The quantitative estimate of drug-likeness (QED) is 0.310. The Balaban J connectivity index is 1.91. The summed E-state index contributed by atoms with van der Waals surface area (Å²) in [6, 6.07) is 17.8. The van der Waals surface area contributed by atoms with Crippen LogP contribution < -0.4 is 21.7 Å². The Hall–Kier alpha value is -3.18. The average molecular weight is 408 g/mol. The molecule has 150 valence electrons. The van der Waals surface area contributed by atoms with Crippen LogP contribution in [0.25, 0.3) is 11.1 Å². The summed E-state index contributed by atoms with van der Waals surface area (Å²) in [6.07, 6.45) is 0. The van der Waals surface area contributed by atoms with Gasteiger partial charge in [-0.3, -0.25) is 0 Å². The van der Waals surface area contributed by atoms with Crippen molar-refractivity contribution in [2.45, 2.75) is 13.8 Å². The predicted molar refractivity (Wildman–Crippen MR) is 126 cm³/mol. The van der Waals surface area contributed by atoms with Gasteiger partial charge >= 0.3 is 0 Å². The van der Waals surface area contributed by atoms with Crippen molar-refractivity contribution < 1.29 is 0 Å². The molecule has 5 nitrogen and oxygen atoms in total. The molecule has 0 heterocycles. The lowest BCUT2D eigenvalue weighted by atomic mass is 9.99. The van der Waals surface area contributed by atoms with Crippen molar-refractivity contribution in [2.75, 3.05) is 30.0 Å². The van der Waals surface area contributed by atoms with Gasteiger partial charge in [0.05, 0.1) is 11.4 Å². The maximum Gasteiger partial charge on any atom is 0.198 e. The molecule has 0 fully saturated rings. The SMILES string of the molecule is Cc1ccc(Cl)c(-c2cc(C)c(N=C(N)Nc3cccc(N(C)C)c3)c(N)c2)c1. The fourth-order valence-corrected chi connectivity index (χ4v) is 3.36. The Bertz CT molecular complexity index is 1050. The molecule has 3 aromatic carbocycles. The molecular weight excluding hydrogens is 382 g/mol. The zero-order valence-corrected chi connectivity index (χ0v) is 17.9. The van der Waals surface area contributed by atoms with Crippen LogP contribution in [0.4, 0.5) is 22.7 Å². The highest BCUT2D eigenvalue weighted by Gasteiger charge is 2.10. The Morgan fingerprint density at radius 1 is 1.03 bits per heavy atom. The van der Waals surface area contributed by atoms with Crippen LogP contribution in [0.3, 0.4) is 0 Å². The molecule has 0 unspecified atom stereocenters. The zero-order valence-electron chi connectivity index (χ0n) is 17.1. The largest absolute Gasteiger partial charge is 0.397 e. The molecule has 0 amide bonds. The van der Waals surface area contributed by atoms with Crippen LogP contribution in [0.15, 0.2) is 59.6 Å². The maximum atomic E-state index is 6.38. The summed E-state index contributed by atoms with van der Waals surface area (Å²) in [5.74, 6) is 0.275. The zero-order chi connectivity index (χ0) is 21.1. The highest BCUT2D eigenvalue weighted by atomic mass is 35.5. The van der Waals surface area contributed by atoms with Crippen LogP contribution >= 0.6 is 11.6 Å². The molecule has 5 N–H and O–H groups in total. The van der Waals surface area contributed by atoms with Crippen molar-refractivity contribution in [1.82, 2.24) is 0 Å². The molecule has 0 aliphatic rings. The van der Waals surface area contributed by atoms with Gasteiger partial charge in [0.15, 0.2) is 5.96 Å². The van der Waals surface area contributed by atoms with Gasteiger partial charge in [0.1, 0.15) is 0 Å². The van der Waals surface area contributed by atoms with Gasteiger partial charge in [-0.1, -0.05) is 29.3 Å². The maximum absolute atomic E-state index is 6.38. The van der Waals surface area contributed by atoms with E-state index in [9.17, 15) is 0 Å². The van der Waals surface area contributed by atoms with Crippen molar-refractivity contribution in [1.29, 1.82) is 0 Å². The topological polar surface area (TPSA) is 79.7 Å². The molecule has 0 saturated carbocycles. The minimum Gasteiger partial charge on any atom is -0.397 e. The van der Waals surface area contributed by atoms with Crippen LogP contribution in [0.5, 0.6) is 0 Å². The van der Waals surface area contributed by atoms with Gasteiger partial charge < -0.3 is 21.7 Å². The van der Waals surface area contributed by atoms with Gasteiger partial charge in [-0.2, -0.15) is 0 Å². The number of rotatable bonds is 4. The number of guanidine groups is 1. The van der Waals surface area contributed by atoms with Crippen molar-refractivity contribution in [2.24, 2.45) is 10.7 Å². The van der Waals surface area contributed by atoms with Crippen molar-refractivity contribution in [3.05, 3.63) is 70.7 Å². The summed E-state index contributed by atoms with van der Waals surface area (Å²) in [5.41, 5.74) is 19.5. The molecular formula is C23H26ClN5. The summed E-state index contributed by atoms with van der Waals surface area (Å²) in [6.45, 7) is 3.99. The third-order valence-corrected chi connectivity index (χ3v) is 4.96. The summed E-state index contributed by atoms with van der Waals surface area (Å²) in [5, 5.41) is 3.81. The van der Waals surface area contributed by atoms with Crippen LogP contribution in [-0.2, 0) is 0 Å². The van der Waals surface area contributed by atoms with E-state index in [-0.39, 0.29) is 5.96 Å². The Labute approximate surface area is 177 Å².